The lowest BCUT2D eigenvalue weighted by molar-refractivity contribution is -0.137. The van der Waals surface area contributed by atoms with E-state index < -0.39 is 11.7 Å². The number of hydrogen-bond acceptors (Lipinski definition) is 8. The van der Waals surface area contributed by atoms with Crippen molar-refractivity contribution in [3.8, 4) is 0 Å². The third-order valence-corrected chi connectivity index (χ3v) is 5.37. The highest BCUT2D eigenvalue weighted by atomic mass is 19.4. The Morgan fingerprint density at radius 2 is 1.66 bits per heavy atom. The molecule has 5 aromatic rings. The van der Waals surface area contributed by atoms with Gasteiger partial charge in [-0.1, -0.05) is 12.1 Å². The Bertz CT molecular complexity index is 1570. The van der Waals surface area contributed by atoms with E-state index in [4.69, 9.17) is 0 Å². The number of anilines is 5. The molecule has 0 atom stereocenters. The Morgan fingerprint density at radius 1 is 0.921 bits per heavy atom. The molecule has 5 rings (SSSR count). The molecule has 13 heteroatoms. The summed E-state index contributed by atoms with van der Waals surface area (Å²) in [5.74, 6) is 0.845. The molecular weight excluding hydrogens is 499 g/mol. The van der Waals surface area contributed by atoms with E-state index in [0.29, 0.717) is 39.7 Å². The molecule has 3 aromatic heterocycles. The van der Waals surface area contributed by atoms with Gasteiger partial charge in [0.05, 0.1) is 24.6 Å². The van der Waals surface area contributed by atoms with Crippen LogP contribution in [0.3, 0.4) is 0 Å². The van der Waals surface area contributed by atoms with Crippen molar-refractivity contribution in [3.05, 3.63) is 84.6 Å². The molecule has 38 heavy (non-hydrogen) atoms. The number of benzene rings is 2. The van der Waals surface area contributed by atoms with E-state index in [9.17, 15) is 18.0 Å². The average molecular weight is 519 g/mol. The number of halogens is 3. The number of fused-ring (bicyclic) bond motifs is 1. The van der Waals surface area contributed by atoms with Crippen LogP contribution < -0.4 is 16.0 Å². The Morgan fingerprint density at radius 3 is 2.32 bits per heavy atom. The fourth-order valence-corrected chi connectivity index (χ4v) is 3.65. The monoisotopic (exact) mass is 519 g/mol. The number of alkyl halides is 3. The van der Waals surface area contributed by atoms with E-state index in [0.717, 1.165) is 12.1 Å². The van der Waals surface area contributed by atoms with Gasteiger partial charge < -0.3 is 20.5 Å². The van der Waals surface area contributed by atoms with Crippen LogP contribution in [0.4, 0.5) is 42.1 Å². The van der Waals surface area contributed by atoms with E-state index in [-0.39, 0.29) is 18.4 Å². The van der Waals surface area contributed by atoms with Gasteiger partial charge in [-0.2, -0.15) is 23.1 Å². The van der Waals surface area contributed by atoms with Gasteiger partial charge in [-0.05, 0) is 42.0 Å². The van der Waals surface area contributed by atoms with Crippen LogP contribution in [0.25, 0.3) is 11.2 Å². The van der Waals surface area contributed by atoms with Crippen molar-refractivity contribution >= 4 is 46.0 Å². The highest BCUT2D eigenvalue weighted by Gasteiger charge is 2.30. The topological polar surface area (TPSA) is 123 Å². The van der Waals surface area contributed by atoms with Crippen molar-refractivity contribution in [2.75, 3.05) is 16.0 Å². The number of hydrogen-bond donors (Lipinski definition) is 3. The standard InChI is InChI=1S/C25H20F3N9O/c1-15(38)32-18-6-8-19(9-7-18)33-22-21-23(36-24(35-22)34-20-12-29-10-11-30-20)37(14-31-21)13-16-2-4-17(5-3-16)25(26,27)28/h2-12,14H,13H2,1H3,(H,32,38)(H2,30,33,34,35,36). The van der Waals surface area contributed by atoms with Gasteiger partial charge in [0.25, 0.3) is 0 Å². The highest BCUT2D eigenvalue weighted by molar-refractivity contribution is 5.89. The summed E-state index contributed by atoms with van der Waals surface area (Å²) in [5.41, 5.74) is 2.15. The molecule has 0 unspecified atom stereocenters. The molecule has 0 saturated carbocycles. The van der Waals surface area contributed by atoms with Crippen LogP contribution in [-0.2, 0) is 17.5 Å². The summed E-state index contributed by atoms with van der Waals surface area (Å²) in [7, 11) is 0. The van der Waals surface area contributed by atoms with Crippen molar-refractivity contribution < 1.29 is 18.0 Å². The number of carbonyl (C=O) groups is 1. The van der Waals surface area contributed by atoms with E-state index in [2.05, 4.69) is 40.9 Å². The van der Waals surface area contributed by atoms with Crippen molar-refractivity contribution in [3.63, 3.8) is 0 Å². The SMILES string of the molecule is CC(=O)Nc1ccc(Nc2nc(Nc3cnccn3)nc3c2ncn3Cc2ccc(C(F)(F)F)cc2)cc1. The molecule has 0 bridgehead atoms. The van der Waals surface area contributed by atoms with Gasteiger partial charge in [-0.25, -0.2) is 9.97 Å². The van der Waals surface area contributed by atoms with Gasteiger partial charge in [0.1, 0.15) is 0 Å². The van der Waals surface area contributed by atoms with Crippen LogP contribution in [0.15, 0.2) is 73.4 Å². The van der Waals surface area contributed by atoms with Gasteiger partial charge >= 0.3 is 6.18 Å². The van der Waals surface area contributed by atoms with E-state index in [1.165, 1.54) is 37.6 Å². The maximum Gasteiger partial charge on any atom is 0.416 e. The zero-order valence-corrected chi connectivity index (χ0v) is 19.9. The molecule has 10 nitrogen and oxygen atoms in total. The average Bonchev–Trinajstić information content (AvgIpc) is 3.28. The minimum absolute atomic E-state index is 0.179. The highest BCUT2D eigenvalue weighted by Crippen LogP contribution is 2.30. The minimum Gasteiger partial charge on any atom is -0.338 e. The summed E-state index contributed by atoms with van der Waals surface area (Å²) in [6.45, 7) is 1.66. The zero-order valence-electron chi connectivity index (χ0n) is 19.9. The molecule has 0 spiro atoms. The molecule has 0 fully saturated rings. The van der Waals surface area contributed by atoms with Crippen LogP contribution >= 0.6 is 0 Å². The van der Waals surface area contributed by atoms with Gasteiger partial charge in [-0.15, -0.1) is 0 Å². The van der Waals surface area contributed by atoms with E-state index in [1.54, 1.807) is 35.2 Å². The molecule has 3 N–H and O–H groups in total. The van der Waals surface area contributed by atoms with Gasteiger partial charge in [-0.3, -0.25) is 9.78 Å². The van der Waals surface area contributed by atoms with Gasteiger partial charge in [0.2, 0.25) is 11.9 Å². The first-order chi connectivity index (χ1) is 18.2. The lowest BCUT2D eigenvalue weighted by Crippen LogP contribution is -2.07. The number of imidazole rings is 1. The Hall–Kier alpha value is -5.07. The first-order valence-corrected chi connectivity index (χ1v) is 11.3. The molecule has 3 heterocycles. The molecule has 2 aromatic carbocycles. The van der Waals surface area contributed by atoms with Crippen LogP contribution in [0.2, 0.25) is 0 Å². The summed E-state index contributed by atoms with van der Waals surface area (Å²) in [5, 5.41) is 8.93. The number of rotatable bonds is 7. The molecule has 0 aliphatic heterocycles. The van der Waals surface area contributed by atoms with Crippen molar-refractivity contribution in [2.45, 2.75) is 19.6 Å². The fourth-order valence-electron chi connectivity index (χ4n) is 3.65. The second-order valence-corrected chi connectivity index (χ2v) is 8.23. The van der Waals surface area contributed by atoms with Gasteiger partial charge in [0.15, 0.2) is 22.8 Å². The molecule has 0 radical (unpaired) electrons. The Kier molecular flexibility index (Phi) is 6.56. The zero-order chi connectivity index (χ0) is 26.7. The Balaban J connectivity index is 1.49. The predicted molar refractivity (Wildman–Crippen MR) is 135 cm³/mol. The maximum atomic E-state index is 13.0. The molecular formula is C25H20F3N9O. The molecule has 1 amide bonds. The van der Waals surface area contributed by atoms with Gasteiger partial charge in [0, 0.05) is 30.7 Å². The fraction of sp³-hybridized carbons (Fsp3) is 0.120. The predicted octanol–water partition coefficient (Wildman–Crippen LogP) is 5.13. The second-order valence-electron chi connectivity index (χ2n) is 8.23. The van der Waals surface area contributed by atoms with Crippen LogP contribution in [0, 0.1) is 0 Å². The first-order valence-electron chi connectivity index (χ1n) is 11.3. The smallest absolute Gasteiger partial charge is 0.338 e. The summed E-state index contributed by atoms with van der Waals surface area (Å²) >= 11 is 0. The van der Waals surface area contributed by atoms with Crippen molar-refractivity contribution in [2.24, 2.45) is 0 Å². The number of nitrogens with one attached hydrogen (secondary N) is 3. The van der Waals surface area contributed by atoms with Crippen LogP contribution in [0.1, 0.15) is 18.1 Å². The molecule has 0 aliphatic rings. The minimum atomic E-state index is -4.41. The number of amides is 1. The molecule has 0 saturated heterocycles. The quantitative estimate of drug-likeness (QED) is 0.271. The van der Waals surface area contributed by atoms with Crippen molar-refractivity contribution in [1.82, 2.24) is 29.5 Å². The molecule has 0 aliphatic carbocycles. The Labute approximate surface area is 214 Å². The number of aromatic nitrogens is 6. The van der Waals surface area contributed by atoms with Crippen LogP contribution in [-0.4, -0.2) is 35.4 Å². The molecule has 192 valence electrons. The third kappa shape index (κ3) is 5.67. The summed E-state index contributed by atoms with van der Waals surface area (Å²) in [6, 6.07) is 12.0. The number of carbonyl (C=O) groups excluding carboxylic acids is 1. The van der Waals surface area contributed by atoms with Crippen molar-refractivity contribution in [1.29, 1.82) is 0 Å². The summed E-state index contributed by atoms with van der Waals surface area (Å²) in [4.78, 5) is 33.1. The lowest BCUT2D eigenvalue weighted by atomic mass is 10.1. The largest absolute Gasteiger partial charge is 0.416 e. The normalized spacial score (nSPS) is 11.4. The summed E-state index contributed by atoms with van der Waals surface area (Å²) < 4.78 is 40.6. The first kappa shape index (κ1) is 24.6. The maximum absolute atomic E-state index is 13.0. The van der Waals surface area contributed by atoms with Crippen LogP contribution in [0.5, 0.6) is 0 Å². The summed E-state index contributed by atoms with van der Waals surface area (Å²) in [6.07, 6.45) is 1.71. The third-order valence-electron chi connectivity index (χ3n) is 5.37. The lowest BCUT2D eigenvalue weighted by Gasteiger charge is -2.11. The second kappa shape index (κ2) is 10.1. The van der Waals surface area contributed by atoms with E-state index in [1.807, 2.05) is 0 Å². The van der Waals surface area contributed by atoms with E-state index >= 15 is 0 Å². The number of nitrogens with zero attached hydrogens (tertiary/aromatic N) is 6.